The number of terminal acetylenes is 1. The van der Waals surface area contributed by atoms with Gasteiger partial charge in [0.1, 0.15) is 10.7 Å². The fourth-order valence-electron chi connectivity index (χ4n) is 1.38. The molecular formula is C11H10N4O2S. The number of hydrogen-bond acceptors (Lipinski definition) is 4. The van der Waals surface area contributed by atoms with Crippen LogP contribution in [0, 0.1) is 12.3 Å². The Morgan fingerprint density at radius 2 is 2.22 bits per heavy atom. The van der Waals surface area contributed by atoms with Crippen LogP contribution in [-0.2, 0) is 10.0 Å². The highest BCUT2D eigenvalue weighted by molar-refractivity contribution is 7.92. The minimum Gasteiger partial charge on any atom is -0.383 e. The number of H-pyrrole nitrogens is 1. The number of rotatable bonds is 3. The molecule has 0 spiro atoms. The van der Waals surface area contributed by atoms with Gasteiger partial charge < -0.3 is 5.73 Å². The Hall–Kier alpha value is -2.46. The maximum atomic E-state index is 12.0. The number of hydrogen-bond donors (Lipinski definition) is 3. The molecule has 2 aromatic rings. The normalized spacial score (nSPS) is 10.8. The summed E-state index contributed by atoms with van der Waals surface area (Å²) in [6.45, 7) is 0. The highest BCUT2D eigenvalue weighted by atomic mass is 32.2. The Morgan fingerprint density at radius 3 is 2.83 bits per heavy atom. The second-order valence-electron chi connectivity index (χ2n) is 3.48. The number of nitrogen functional groups attached to an aromatic ring is 1. The molecule has 0 radical (unpaired) electrons. The molecule has 7 heteroatoms. The zero-order chi connectivity index (χ0) is 13.2. The molecule has 0 amide bonds. The van der Waals surface area contributed by atoms with Gasteiger partial charge in [-0.3, -0.25) is 9.82 Å². The van der Waals surface area contributed by atoms with Crippen molar-refractivity contribution in [1.82, 2.24) is 10.2 Å². The average molecular weight is 262 g/mol. The zero-order valence-corrected chi connectivity index (χ0v) is 10.0. The second kappa shape index (κ2) is 4.43. The van der Waals surface area contributed by atoms with E-state index in [0.717, 1.165) is 6.20 Å². The van der Waals surface area contributed by atoms with Gasteiger partial charge in [0.05, 0.1) is 11.9 Å². The van der Waals surface area contributed by atoms with Gasteiger partial charge in [0, 0.05) is 5.56 Å². The smallest absolute Gasteiger partial charge is 0.267 e. The standard InChI is InChI=1S/C11H10N4O2S/c1-2-8-4-3-5-9(6-8)15-18(16,17)10-7-13-14-11(10)12/h1,3-7,15H,(H3,12,13,14). The van der Waals surface area contributed by atoms with Crippen LogP contribution in [0.4, 0.5) is 11.5 Å². The number of benzene rings is 1. The summed E-state index contributed by atoms with van der Waals surface area (Å²) in [4.78, 5) is -0.103. The van der Waals surface area contributed by atoms with Crippen molar-refractivity contribution in [3.05, 3.63) is 36.0 Å². The summed E-state index contributed by atoms with van der Waals surface area (Å²) in [6, 6.07) is 6.50. The van der Waals surface area contributed by atoms with Crippen LogP contribution in [0.3, 0.4) is 0 Å². The summed E-state index contributed by atoms with van der Waals surface area (Å²) in [5.74, 6) is 2.40. The van der Waals surface area contributed by atoms with Gasteiger partial charge in [-0.05, 0) is 18.2 Å². The van der Waals surface area contributed by atoms with Gasteiger partial charge in [-0.2, -0.15) is 5.10 Å². The van der Waals surface area contributed by atoms with Crippen molar-refractivity contribution in [3.8, 4) is 12.3 Å². The van der Waals surface area contributed by atoms with Crippen molar-refractivity contribution in [3.63, 3.8) is 0 Å². The SMILES string of the molecule is C#Cc1cccc(NS(=O)(=O)c2cn[nH]c2N)c1. The highest BCUT2D eigenvalue weighted by Gasteiger charge is 2.19. The summed E-state index contributed by atoms with van der Waals surface area (Å²) in [5.41, 5.74) is 6.41. The molecule has 1 aromatic carbocycles. The van der Waals surface area contributed by atoms with E-state index in [-0.39, 0.29) is 10.7 Å². The van der Waals surface area contributed by atoms with Crippen LogP contribution in [-0.4, -0.2) is 18.6 Å². The van der Waals surface area contributed by atoms with Crippen LogP contribution < -0.4 is 10.5 Å². The van der Waals surface area contributed by atoms with Gasteiger partial charge in [-0.25, -0.2) is 8.42 Å². The lowest BCUT2D eigenvalue weighted by molar-refractivity contribution is 0.601. The maximum Gasteiger partial charge on any atom is 0.267 e. The first-order valence-corrected chi connectivity index (χ1v) is 6.39. The molecule has 0 unspecified atom stereocenters. The molecule has 92 valence electrons. The van der Waals surface area contributed by atoms with E-state index in [0.29, 0.717) is 11.3 Å². The molecule has 6 nitrogen and oxygen atoms in total. The first kappa shape index (κ1) is 12.0. The summed E-state index contributed by atoms with van der Waals surface area (Å²) >= 11 is 0. The number of nitrogens with two attached hydrogens (primary N) is 1. The van der Waals surface area contributed by atoms with Crippen molar-refractivity contribution < 1.29 is 8.42 Å². The lowest BCUT2D eigenvalue weighted by Crippen LogP contribution is -2.13. The molecule has 0 aliphatic rings. The van der Waals surface area contributed by atoms with Crippen LogP contribution in [0.5, 0.6) is 0 Å². The molecule has 18 heavy (non-hydrogen) atoms. The maximum absolute atomic E-state index is 12.0. The Bertz CT molecular complexity index is 713. The van der Waals surface area contributed by atoms with Crippen molar-refractivity contribution in [1.29, 1.82) is 0 Å². The first-order valence-electron chi connectivity index (χ1n) is 4.91. The van der Waals surface area contributed by atoms with E-state index in [2.05, 4.69) is 20.8 Å². The monoisotopic (exact) mass is 262 g/mol. The lowest BCUT2D eigenvalue weighted by Gasteiger charge is -2.07. The zero-order valence-electron chi connectivity index (χ0n) is 9.21. The van der Waals surface area contributed by atoms with Gasteiger partial charge in [-0.1, -0.05) is 12.0 Å². The summed E-state index contributed by atoms with van der Waals surface area (Å²) in [7, 11) is -3.76. The molecule has 1 heterocycles. The molecule has 0 aliphatic heterocycles. The minimum absolute atomic E-state index is 0.0180. The molecule has 1 aromatic heterocycles. The van der Waals surface area contributed by atoms with Gasteiger partial charge >= 0.3 is 0 Å². The third kappa shape index (κ3) is 2.28. The predicted octanol–water partition coefficient (Wildman–Crippen LogP) is 0.774. The summed E-state index contributed by atoms with van der Waals surface area (Å²) in [5, 5.41) is 5.92. The van der Waals surface area contributed by atoms with E-state index >= 15 is 0 Å². The van der Waals surface area contributed by atoms with E-state index in [1.807, 2.05) is 0 Å². The molecule has 0 atom stereocenters. The van der Waals surface area contributed by atoms with E-state index in [4.69, 9.17) is 12.2 Å². The number of anilines is 2. The van der Waals surface area contributed by atoms with Gasteiger partial charge in [0.2, 0.25) is 0 Å². The van der Waals surface area contributed by atoms with Crippen LogP contribution >= 0.6 is 0 Å². The number of aromatic amines is 1. The van der Waals surface area contributed by atoms with Crippen LogP contribution in [0.15, 0.2) is 35.4 Å². The summed E-state index contributed by atoms with van der Waals surface area (Å²) < 4.78 is 26.3. The number of nitrogens with one attached hydrogen (secondary N) is 2. The predicted molar refractivity (Wildman–Crippen MR) is 68.2 cm³/mol. The van der Waals surface area contributed by atoms with E-state index in [1.54, 1.807) is 24.3 Å². The van der Waals surface area contributed by atoms with Crippen molar-refractivity contribution >= 4 is 21.5 Å². The fraction of sp³-hybridized carbons (Fsp3) is 0. The summed E-state index contributed by atoms with van der Waals surface area (Å²) in [6.07, 6.45) is 6.38. The van der Waals surface area contributed by atoms with Crippen molar-refractivity contribution in [2.24, 2.45) is 0 Å². The molecule has 2 rings (SSSR count). The quantitative estimate of drug-likeness (QED) is 0.711. The van der Waals surface area contributed by atoms with Crippen LogP contribution in [0.2, 0.25) is 0 Å². The van der Waals surface area contributed by atoms with Gasteiger partial charge in [0.25, 0.3) is 10.0 Å². The van der Waals surface area contributed by atoms with Crippen LogP contribution in [0.1, 0.15) is 5.56 Å². The second-order valence-corrected chi connectivity index (χ2v) is 5.13. The van der Waals surface area contributed by atoms with E-state index in [9.17, 15) is 8.42 Å². The third-order valence-corrected chi connectivity index (χ3v) is 3.61. The molecular weight excluding hydrogens is 252 g/mol. The first-order chi connectivity index (χ1) is 8.53. The molecule has 4 N–H and O–H groups in total. The van der Waals surface area contributed by atoms with Crippen molar-refractivity contribution in [2.45, 2.75) is 4.90 Å². The van der Waals surface area contributed by atoms with Crippen molar-refractivity contribution in [2.75, 3.05) is 10.5 Å². The van der Waals surface area contributed by atoms with Crippen LogP contribution in [0.25, 0.3) is 0 Å². The van der Waals surface area contributed by atoms with Gasteiger partial charge in [-0.15, -0.1) is 6.42 Å². The third-order valence-electron chi connectivity index (χ3n) is 2.20. The molecule has 0 saturated heterocycles. The lowest BCUT2D eigenvalue weighted by atomic mass is 10.2. The van der Waals surface area contributed by atoms with E-state index < -0.39 is 10.0 Å². The Balaban J connectivity index is 2.34. The molecule has 0 fully saturated rings. The van der Waals surface area contributed by atoms with Gasteiger partial charge in [0.15, 0.2) is 0 Å². The average Bonchev–Trinajstić information content (AvgIpc) is 2.76. The molecule has 0 saturated carbocycles. The van der Waals surface area contributed by atoms with E-state index in [1.165, 1.54) is 0 Å². The topological polar surface area (TPSA) is 101 Å². The highest BCUT2D eigenvalue weighted by Crippen LogP contribution is 2.19. The number of nitrogens with zero attached hydrogens (tertiary/aromatic N) is 1. The Kier molecular flexibility index (Phi) is 2.95. The fourth-order valence-corrected chi connectivity index (χ4v) is 2.46. The molecule has 0 bridgehead atoms. The number of aromatic nitrogens is 2. The Morgan fingerprint density at radius 1 is 1.44 bits per heavy atom. The number of sulfonamides is 1. The molecule has 0 aliphatic carbocycles. The largest absolute Gasteiger partial charge is 0.383 e. The minimum atomic E-state index is -3.76. The Labute approximate surface area is 104 Å².